The molecule has 0 aliphatic carbocycles. The fourth-order valence-corrected chi connectivity index (χ4v) is 3.57. The van der Waals surface area contributed by atoms with Gasteiger partial charge in [-0.2, -0.15) is 4.98 Å². The number of hydrogen-bond donors (Lipinski definition) is 2. The van der Waals surface area contributed by atoms with Crippen molar-refractivity contribution < 1.29 is 0 Å². The van der Waals surface area contributed by atoms with Gasteiger partial charge >= 0.3 is 0 Å². The third-order valence-electron chi connectivity index (χ3n) is 4.28. The van der Waals surface area contributed by atoms with Crippen LogP contribution in [0.4, 0.5) is 17.5 Å². The highest BCUT2D eigenvalue weighted by Gasteiger charge is 2.10. The van der Waals surface area contributed by atoms with Crippen LogP contribution in [0.2, 0.25) is 0 Å². The number of nitrogens with one attached hydrogen (secondary N) is 2. The normalized spacial score (nSPS) is 10.9. The zero-order chi connectivity index (χ0) is 20.1. The molecule has 0 atom stereocenters. The van der Waals surface area contributed by atoms with Gasteiger partial charge in [0.15, 0.2) is 0 Å². The van der Waals surface area contributed by atoms with Crippen molar-refractivity contribution in [3.8, 4) is 11.3 Å². The maximum atomic E-state index is 4.67. The largest absolute Gasteiger partial charge is 0.353 e. The van der Waals surface area contributed by atoms with Crippen LogP contribution in [0.15, 0.2) is 47.2 Å². The molecule has 7 heteroatoms. The van der Waals surface area contributed by atoms with Crippen LogP contribution in [0.1, 0.15) is 11.1 Å². The molecule has 0 saturated heterocycles. The first kappa shape index (κ1) is 20.2. The predicted octanol–water partition coefficient (Wildman–Crippen LogP) is 4.64. The lowest BCUT2D eigenvalue weighted by Gasteiger charge is -2.16. The summed E-state index contributed by atoms with van der Waals surface area (Å²) < 4.78 is 1.07. The molecule has 0 fully saturated rings. The summed E-state index contributed by atoms with van der Waals surface area (Å²) in [6, 6.07) is 10.0. The lowest BCUT2D eigenvalue weighted by atomic mass is 10.1. The van der Waals surface area contributed by atoms with E-state index < -0.39 is 0 Å². The zero-order valence-corrected chi connectivity index (χ0v) is 18.2. The van der Waals surface area contributed by atoms with E-state index in [0.29, 0.717) is 5.95 Å². The minimum absolute atomic E-state index is 0.595. The first-order chi connectivity index (χ1) is 13.4. The van der Waals surface area contributed by atoms with E-state index in [-0.39, 0.29) is 0 Å². The van der Waals surface area contributed by atoms with E-state index >= 15 is 0 Å². The molecule has 0 bridgehead atoms. The lowest BCUT2D eigenvalue weighted by molar-refractivity contribution is 0.425. The molecule has 2 aromatic heterocycles. The van der Waals surface area contributed by atoms with Gasteiger partial charge in [-0.15, -0.1) is 0 Å². The number of anilines is 3. The van der Waals surface area contributed by atoms with Gasteiger partial charge < -0.3 is 15.5 Å². The summed E-state index contributed by atoms with van der Waals surface area (Å²) in [7, 11) is 4.08. The third kappa shape index (κ3) is 5.27. The minimum Gasteiger partial charge on any atom is -0.353 e. The Morgan fingerprint density at radius 1 is 1.07 bits per heavy atom. The Kier molecular flexibility index (Phi) is 6.59. The lowest BCUT2D eigenvalue weighted by Crippen LogP contribution is -2.21. The first-order valence-corrected chi connectivity index (χ1v) is 9.93. The van der Waals surface area contributed by atoms with Crippen molar-refractivity contribution in [3.05, 3.63) is 58.3 Å². The Balaban J connectivity index is 1.95. The van der Waals surface area contributed by atoms with Crippen LogP contribution in [0.3, 0.4) is 0 Å². The quantitative estimate of drug-likeness (QED) is 0.557. The van der Waals surface area contributed by atoms with E-state index in [2.05, 4.69) is 72.4 Å². The number of halogens is 1. The Hall–Kier alpha value is -2.51. The number of nitrogens with zero attached hydrogens (tertiary/aromatic N) is 4. The molecule has 0 aliphatic rings. The molecule has 2 N–H and O–H groups in total. The molecule has 1 aromatic carbocycles. The highest BCUT2D eigenvalue weighted by Crippen LogP contribution is 2.29. The molecular formula is C21H25BrN6. The predicted molar refractivity (Wildman–Crippen MR) is 119 cm³/mol. The van der Waals surface area contributed by atoms with Gasteiger partial charge in [-0.25, -0.2) is 4.98 Å². The number of rotatable bonds is 7. The molecule has 0 spiro atoms. The van der Waals surface area contributed by atoms with E-state index in [1.165, 1.54) is 0 Å². The van der Waals surface area contributed by atoms with Gasteiger partial charge in [-0.1, -0.05) is 15.9 Å². The minimum atomic E-state index is 0.595. The second kappa shape index (κ2) is 9.12. The Morgan fingerprint density at radius 3 is 2.46 bits per heavy atom. The van der Waals surface area contributed by atoms with Gasteiger partial charge in [0.1, 0.15) is 5.82 Å². The maximum absolute atomic E-state index is 4.67. The number of benzene rings is 1. The summed E-state index contributed by atoms with van der Waals surface area (Å²) in [6.45, 7) is 5.83. The van der Waals surface area contributed by atoms with Crippen LogP contribution in [0, 0.1) is 13.8 Å². The Morgan fingerprint density at radius 2 is 1.82 bits per heavy atom. The summed E-state index contributed by atoms with van der Waals surface area (Å²) in [5.74, 6) is 1.34. The first-order valence-electron chi connectivity index (χ1n) is 9.14. The van der Waals surface area contributed by atoms with Crippen LogP contribution in [-0.2, 0) is 0 Å². The van der Waals surface area contributed by atoms with Crippen molar-refractivity contribution in [2.75, 3.05) is 37.8 Å². The SMILES string of the molecule is Cc1cc(Br)cc(C)c1Nc1cc(-c2cccnc2)nc(NCCN(C)C)n1. The van der Waals surface area contributed by atoms with Gasteiger partial charge in [-0.3, -0.25) is 4.98 Å². The Bertz CT molecular complexity index is 920. The number of aromatic nitrogens is 3. The van der Waals surface area contributed by atoms with E-state index in [4.69, 9.17) is 0 Å². The summed E-state index contributed by atoms with van der Waals surface area (Å²) in [5.41, 5.74) is 5.13. The zero-order valence-electron chi connectivity index (χ0n) is 16.6. The van der Waals surface area contributed by atoms with Gasteiger partial charge in [0.05, 0.1) is 5.69 Å². The highest BCUT2D eigenvalue weighted by atomic mass is 79.9. The average molecular weight is 441 g/mol. The molecule has 3 rings (SSSR count). The highest BCUT2D eigenvalue weighted by molar-refractivity contribution is 9.10. The average Bonchev–Trinajstić information content (AvgIpc) is 2.65. The number of pyridine rings is 1. The smallest absolute Gasteiger partial charge is 0.225 e. The molecular weight excluding hydrogens is 416 g/mol. The number of likely N-dealkylation sites (N-methyl/N-ethyl adjacent to an activating group) is 1. The molecule has 0 radical (unpaired) electrons. The van der Waals surface area contributed by atoms with Gasteiger partial charge in [-0.05, 0) is 63.3 Å². The molecule has 0 unspecified atom stereocenters. The van der Waals surface area contributed by atoms with Crippen LogP contribution in [0.25, 0.3) is 11.3 Å². The monoisotopic (exact) mass is 440 g/mol. The van der Waals surface area contributed by atoms with Gasteiger partial charge in [0.2, 0.25) is 5.95 Å². The van der Waals surface area contributed by atoms with Crippen molar-refractivity contribution in [3.63, 3.8) is 0 Å². The van der Waals surface area contributed by atoms with Crippen LogP contribution in [-0.4, -0.2) is 47.0 Å². The fourth-order valence-electron chi connectivity index (χ4n) is 2.88. The van der Waals surface area contributed by atoms with E-state index in [0.717, 1.165) is 51.5 Å². The standard InChI is InChI=1S/C21H25BrN6/c1-14-10-17(22)11-15(2)20(14)26-19-12-18(16-6-5-7-23-13-16)25-21(27-19)24-8-9-28(3)4/h5-7,10-13H,8-9H2,1-4H3,(H2,24,25,26,27). The fraction of sp³-hybridized carbons (Fsp3) is 0.286. The summed E-state index contributed by atoms with van der Waals surface area (Å²) in [5, 5.41) is 6.79. The van der Waals surface area contributed by atoms with E-state index in [9.17, 15) is 0 Å². The van der Waals surface area contributed by atoms with E-state index in [1.807, 2.05) is 38.5 Å². The van der Waals surface area contributed by atoms with Gasteiger partial charge in [0, 0.05) is 47.3 Å². The second-order valence-electron chi connectivity index (χ2n) is 6.97. The van der Waals surface area contributed by atoms with Crippen LogP contribution >= 0.6 is 15.9 Å². The topological polar surface area (TPSA) is 66.0 Å². The molecule has 0 amide bonds. The van der Waals surface area contributed by atoms with Crippen molar-refractivity contribution in [1.29, 1.82) is 0 Å². The molecule has 28 heavy (non-hydrogen) atoms. The number of hydrogen-bond acceptors (Lipinski definition) is 6. The second-order valence-corrected chi connectivity index (χ2v) is 7.89. The van der Waals surface area contributed by atoms with Gasteiger partial charge in [0.25, 0.3) is 0 Å². The van der Waals surface area contributed by atoms with Crippen LogP contribution < -0.4 is 10.6 Å². The van der Waals surface area contributed by atoms with Crippen molar-refractivity contribution in [1.82, 2.24) is 19.9 Å². The van der Waals surface area contributed by atoms with E-state index in [1.54, 1.807) is 6.20 Å². The van der Waals surface area contributed by atoms with Crippen LogP contribution in [0.5, 0.6) is 0 Å². The maximum Gasteiger partial charge on any atom is 0.225 e. The third-order valence-corrected chi connectivity index (χ3v) is 4.73. The molecule has 3 aromatic rings. The molecule has 146 valence electrons. The summed E-state index contributed by atoms with van der Waals surface area (Å²) in [6.07, 6.45) is 3.57. The summed E-state index contributed by atoms with van der Waals surface area (Å²) >= 11 is 3.55. The van der Waals surface area contributed by atoms with Crippen molar-refractivity contribution in [2.45, 2.75) is 13.8 Å². The summed E-state index contributed by atoms with van der Waals surface area (Å²) in [4.78, 5) is 15.7. The molecule has 0 aliphatic heterocycles. The van der Waals surface area contributed by atoms with Crippen molar-refractivity contribution in [2.24, 2.45) is 0 Å². The number of aryl methyl sites for hydroxylation is 2. The van der Waals surface area contributed by atoms with Crippen molar-refractivity contribution >= 4 is 33.4 Å². The molecule has 6 nitrogen and oxygen atoms in total. The molecule has 0 saturated carbocycles. The molecule has 2 heterocycles. The Labute approximate surface area is 174 Å².